The molecule has 1 rings (SSSR count). The Morgan fingerprint density at radius 3 is 2.56 bits per heavy atom. The van der Waals surface area contributed by atoms with Gasteiger partial charge in [-0.25, -0.2) is 3.53 Å². The molecule has 0 aromatic rings. The van der Waals surface area contributed by atoms with Crippen LogP contribution in [-0.4, -0.2) is 18.0 Å². The third kappa shape index (κ3) is 5.87. The zero-order valence-electron chi connectivity index (χ0n) is 11.7. The van der Waals surface area contributed by atoms with E-state index in [1.807, 2.05) is 0 Å². The quantitative estimate of drug-likeness (QED) is 0.534. The summed E-state index contributed by atoms with van der Waals surface area (Å²) in [5.74, 6) is 0.804. The second-order valence-electron chi connectivity index (χ2n) is 5.63. The van der Waals surface area contributed by atoms with Gasteiger partial charge in [-0.15, -0.1) is 0 Å². The Bertz CT molecular complexity index is 242. The van der Waals surface area contributed by atoms with E-state index >= 15 is 0 Å². The second kappa shape index (κ2) is 9.13. The average Bonchev–Trinajstić information content (AvgIpc) is 2.37. The highest BCUT2D eigenvalue weighted by Crippen LogP contribution is 2.18. The smallest absolute Gasteiger partial charge is 0.238 e. The lowest BCUT2D eigenvalue weighted by molar-refractivity contribution is -0.123. The number of amides is 1. The first-order valence-corrected chi connectivity index (χ1v) is 8.41. The lowest BCUT2D eigenvalue weighted by Gasteiger charge is -2.26. The molecule has 2 unspecified atom stereocenters. The third-order valence-electron chi connectivity index (χ3n) is 3.82. The summed E-state index contributed by atoms with van der Waals surface area (Å²) in [6.45, 7) is 4.43. The van der Waals surface area contributed by atoms with Gasteiger partial charge in [-0.3, -0.25) is 4.79 Å². The Kier molecular flexibility index (Phi) is 8.22. The Morgan fingerprint density at radius 2 is 2.00 bits per heavy atom. The van der Waals surface area contributed by atoms with Gasteiger partial charge in [0.05, 0.1) is 6.04 Å². The molecule has 2 atom stereocenters. The minimum atomic E-state index is -0.0333. The van der Waals surface area contributed by atoms with Crippen molar-refractivity contribution in [3.05, 3.63) is 0 Å². The Balaban J connectivity index is 2.35. The van der Waals surface area contributed by atoms with E-state index in [0.29, 0.717) is 12.0 Å². The molecular weight excluding hydrogens is 339 g/mol. The van der Waals surface area contributed by atoms with Gasteiger partial charge in [0.15, 0.2) is 0 Å². The molecule has 1 aliphatic rings. The van der Waals surface area contributed by atoms with Crippen molar-refractivity contribution in [2.75, 3.05) is 0 Å². The summed E-state index contributed by atoms with van der Waals surface area (Å²) in [5.41, 5.74) is 0. The molecule has 0 spiro atoms. The van der Waals surface area contributed by atoms with Crippen molar-refractivity contribution in [2.45, 2.75) is 77.3 Å². The molecule has 0 bridgehead atoms. The normalized spacial score (nSPS) is 20.4. The maximum Gasteiger partial charge on any atom is 0.238 e. The number of rotatable bonds is 7. The first-order chi connectivity index (χ1) is 8.67. The molecule has 0 saturated heterocycles. The number of hydrogen-bond acceptors (Lipinski definition) is 2. The molecule has 1 aliphatic carbocycles. The fourth-order valence-corrected chi connectivity index (χ4v) is 3.30. The molecule has 0 aromatic carbocycles. The largest absolute Gasteiger partial charge is 0.352 e. The van der Waals surface area contributed by atoms with Crippen LogP contribution in [0.3, 0.4) is 0 Å². The van der Waals surface area contributed by atoms with E-state index in [4.69, 9.17) is 0 Å². The number of halogens is 1. The van der Waals surface area contributed by atoms with Gasteiger partial charge >= 0.3 is 0 Å². The predicted octanol–water partition coefficient (Wildman–Crippen LogP) is 3.57. The monoisotopic (exact) mass is 366 g/mol. The Morgan fingerprint density at radius 1 is 1.33 bits per heavy atom. The molecule has 0 aliphatic heterocycles. The van der Waals surface area contributed by atoms with Crippen molar-refractivity contribution >= 4 is 28.8 Å². The molecule has 0 heterocycles. The molecule has 106 valence electrons. The van der Waals surface area contributed by atoms with Crippen LogP contribution in [0.15, 0.2) is 0 Å². The summed E-state index contributed by atoms with van der Waals surface area (Å²) in [7, 11) is 0. The molecule has 3 nitrogen and oxygen atoms in total. The van der Waals surface area contributed by atoms with Crippen LogP contribution in [0.4, 0.5) is 0 Å². The van der Waals surface area contributed by atoms with Crippen molar-refractivity contribution in [1.29, 1.82) is 0 Å². The topological polar surface area (TPSA) is 41.1 Å². The van der Waals surface area contributed by atoms with Crippen LogP contribution in [0.25, 0.3) is 0 Å². The average molecular weight is 366 g/mol. The van der Waals surface area contributed by atoms with E-state index in [9.17, 15) is 4.79 Å². The lowest BCUT2D eigenvalue weighted by atomic mass is 9.94. The van der Waals surface area contributed by atoms with E-state index in [-0.39, 0.29) is 11.9 Å². The van der Waals surface area contributed by atoms with Crippen LogP contribution in [0.1, 0.15) is 65.2 Å². The van der Waals surface area contributed by atoms with Crippen LogP contribution in [0.5, 0.6) is 0 Å². The minimum absolute atomic E-state index is 0.0333. The number of carbonyl (C=O) groups excluding carboxylic acids is 1. The lowest BCUT2D eigenvalue weighted by Crippen LogP contribution is -2.46. The van der Waals surface area contributed by atoms with Crippen LogP contribution < -0.4 is 8.85 Å². The standard InChI is InChI=1S/C14H27IN2O/c1-3-7-11(2)10-13(17-15)14(18)16-12-8-5-4-6-9-12/h11-13,17H,3-10H2,1-2H3,(H,16,18). The SMILES string of the molecule is CCCC(C)CC(NI)C(=O)NC1CCCCC1. The van der Waals surface area contributed by atoms with Gasteiger partial charge < -0.3 is 5.32 Å². The highest BCUT2D eigenvalue weighted by molar-refractivity contribution is 14.1. The molecule has 2 N–H and O–H groups in total. The Labute approximate surface area is 125 Å². The van der Waals surface area contributed by atoms with Gasteiger partial charge in [0, 0.05) is 28.9 Å². The second-order valence-corrected chi connectivity index (χ2v) is 6.26. The first-order valence-electron chi connectivity index (χ1n) is 7.33. The van der Waals surface area contributed by atoms with E-state index in [2.05, 4.69) is 45.6 Å². The zero-order chi connectivity index (χ0) is 13.4. The fourth-order valence-electron chi connectivity index (χ4n) is 2.76. The molecule has 18 heavy (non-hydrogen) atoms. The van der Waals surface area contributed by atoms with E-state index in [1.54, 1.807) is 0 Å². The van der Waals surface area contributed by atoms with Gasteiger partial charge in [0.1, 0.15) is 0 Å². The van der Waals surface area contributed by atoms with Crippen LogP contribution in [-0.2, 0) is 4.79 Å². The van der Waals surface area contributed by atoms with Crippen molar-refractivity contribution in [2.24, 2.45) is 5.92 Å². The highest BCUT2D eigenvalue weighted by atomic mass is 127. The highest BCUT2D eigenvalue weighted by Gasteiger charge is 2.23. The van der Waals surface area contributed by atoms with Crippen molar-refractivity contribution < 1.29 is 4.79 Å². The number of nitrogens with one attached hydrogen (secondary N) is 2. The van der Waals surface area contributed by atoms with E-state index in [1.165, 1.54) is 32.1 Å². The Hall–Kier alpha value is 0.160. The van der Waals surface area contributed by atoms with Crippen molar-refractivity contribution in [1.82, 2.24) is 8.85 Å². The molecule has 1 fully saturated rings. The molecular formula is C14H27IN2O. The molecule has 1 amide bonds. The van der Waals surface area contributed by atoms with Crippen LogP contribution in [0.2, 0.25) is 0 Å². The summed E-state index contributed by atoms with van der Waals surface area (Å²) in [6, 6.07) is 0.383. The third-order valence-corrected chi connectivity index (χ3v) is 4.57. The number of carbonyl (C=O) groups is 1. The summed E-state index contributed by atoms with van der Waals surface area (Å²) < 4.78 is 3.14. The summed E-state index contributed by atoms with van der Waals surface area (Å²) in [5, 5.41) is 3.21. The molecule has 4 heteroatoms. The van der Waals surface area contributed by atoms with Crippen molar-refractivity contribution in [3.8, 4) is 0 Å². The fraction of sp³-hybridized carbons (Fsp3) is 0.929. The summed E-state index contributed by atoms with van der Waals surface area (Å²) >= 11 is 2.11. The predicted molar refractivity (Wildman–Crippen MR) is 84.6 cm³/mol. The van der Waals surface area contributed by atoms with E-state index < -0.39 is 0 Å². The van der Waals surface area contributed by atoms with Crippen LogP contribution in [0, 0.1) is 5.92 Å². The zero-order valence-corrected chi connectivity index (χ0v) is 13.8. The molecule has 1 saturated carbocycles. The van der Waals surface area contributed by atoms with Gasteiger partial charge in [0.25, 0.3) is 0 Å². The summed E-state index contributed by atoms with van der Waals surface area (Å²) in [4.78, 5) is 12.2. The maximum atomic E-state index is 12.2. The van der Waals surface area contributed by atoms with E-state index in [0.717, 1.165) is 19.3 Å². The first kappa shape index (κ1) is 16.2. The number of hydrogen-bond donors (Lipinski definition) is 2. The van der Waals surface area contributed by atoms with Gasteiger partial charge in [-0.05, 0) is 25.2 Å². The van der Waals surface area contributed by atoms with Crippen molar-refractivity contribution in [3.63, 3.8) is 0 Å². The maximum absolute atomic E-state index is 12.2. The van der Waals surface area contributed by atoms with Gasteiger partial charge in [-0.2, -0.15) is 0 Å². The van der Waals surface area contributed by atoms with Gasteiger partial charge in [0.2, 0.25) is 5.91 Å². The van der Waals surface area contributed by atoms with Gasteiger partial charge in [-0.1, -0.05) is 46.0 Å². The summed E-state index contributed by atoms with van der Waals surface area (Å²) in [6.07, 6.45) is 9.50. The van der Waals surface area contributed by atoms with Crippen LogP contribution >= 0.6 is 22.9 Å². The molecule has 0 radical (unpaired) electrons. The molecule has 0 aromatic heterocycles. The minimum Gasteiger partial charge on any atom is -0.352 e.